The molecule has 27 heavy (non-hydrogen) atoms. The van der Waals surface area contributed by atoms with Gasteiger partial charge in [-0.15, -0.1) is 24.2 Å². The van der Waals surface area contributed by atoms with Crippen molar-refractivity contribution in [2.24, 2.45) is 0 Å². The van der Waals surface area contributed by atoms with Gasteiger partial charge in [0.1, 0.15) is 0 Å². The van der Waals surface area contributed by atoms with E-state index in [1.807, 2.05) is 18.7 Å². The highest BCUT2D eigenvalue weighted by Gasteiger charge is 2.18. The number of hydrogen-bond donors (Lipinski definition) is 1. The highest BCUT2D eigenvalue weighted by atomic mass is 35.5. The molecule has 1 N–H and O–H groups in total. The van der Waals surface area contributed by atoms with Gasteiger partial charge in [-0.3, -0.25) is 4.90 Å². The summed E-state index contributed by atoms with van der Waals surface area (Å²) in [5, 5.41) is 2.64. The van der Waals surface area contributed by atoms with Gasteiger partial charge in [0, 0.05) is 37.6 Å². The van der Waals surface area contributed by atoms with Crippen molar-refractivity contribution in [3.63, 3.8) is 0 Å². The quantitative estimate of drug-likeness (QED) is 0.457. The van der Waals surface area contributed by atoms with Gasteiger partial charge in [0.05, 0.1) is 12.3 Å². The Morgan fingerprint density at radius 1 is 1.15 bits per heavy atom. The number of thioether (sulfide) groups is 1. The monoisotopic (exact) mass is 415 g/mol. The molecule has 7 heteroatoms. The standard InChI is InChI=1S/C20H33N3O2S.ClH/c1-3-17-26-19-10-6-5-9-18(19)23-14-12-22(13-15-23)11-7-8-16-25-20(24)21-4-2;/h5-6,9-10H,3-4,7-8,11-17H2,1-2H3,(H,21,24);1H. The summed E-state index contributed by atoms with van der Waals surface area (Å²) in [5.41, 5.74) is 1.39. The maximum Gasteiger partial charge on any atom is 0.407 e. The van der Waals surface area contributed by atoms with Crippen molar-refractivity contribution in [3.8, 4) is 0 Å². The lowest BCUT2D eigenvalue weighted by atomic mass is 10.2. The molecule has 1 aromatic carbocycles. The largest absolute Gasteiger partial charge is 0.450 e. The van der Waals surface area contributed by atoms with Crippen LogP contribution >= 0.6 is 24.2 Å². The first-order valence-electron chi connectivity index (χ1n) is 9.84. The number of carbonyl (C=O) groups is 1. The zero-order chi connectivity index (χ0) is 18.6. The fourth-order valence-corrected chi connectivity index (χ4v) is 4.01. The van der Waals surface area contributed by atoms with Crippen LogP contribution in [0.1, 0.15) is 33.1 Å². The van der Waals surface area contributed by atoms with Crippen LogP contribution in [-0.4, -0.2) is 62.6 Å². The summed E-state index contributed by atoms with van der Waals surface area (Å²) in [6, 6.07) is 8.79. The Labute approximate surface area is 174 Å². The lowest BCUT2D eigenvalue weighted by Gasteiger charge is -2.37. The van der Waals surface area contributed by atoms with Gasteiger partial charge in [-0.1, -0.05) is 19.1 Å². The van der Waals surface area contributed by atoms with Gasteiger partial charge in [0.25, 0.3) is 0 Å². The minimum absolute atomic E-state index is 0. The van der Waals surface area contributed by atoms with Gasteiger partial charge in [-0.05, 0) is 50.6 Å². The summed E-state index contributed by atoms with van der Waals surface area (Å²) in [6.07, 6.45) is 2.90. The first kappa shape index (κ1) is 23.9. The van der Waals surface area contributed by atoms with E-state index in [1.54, 1.807) is 0 Å². The average molecular weight is 416 g/mol. The summed E-state index contributed by atoms with van der Waals surface area (Å²) in [6.45, 7) is 10.7. The van der Waals surface area contributed by atoms with Crippen LogP contribution in [0, 0.1) is 0 Å². The highest BCUT2D eigenvalue weighted by Crippen LogP contribution is 2.31. The first-order valence-corrected chi connectivity index (χ1v) is 10.8. The van der Waals surface area contributed by atoms with Crippen molar-refractivity contribution in [2.45, 2.75) is 38.0 Å². The second-order valence-corrected chi connectivity index (χ2v) is 7.65. The van der Waals surface area contributed by atoms with E-state index in [0.717, 1.165) is 45.6 Å². The molecule has 1 saturated heterocycles. The van der Waals surface area contributed by atoms with E-state index in [-0.39, 0.29) is 18.5 Å². The number of alkyl carbamates (subject to hydrolysis) is 1. The highest BCUT2D eigenvalue weighted by molar-refractivity contribution is 7.99. The molecule has 0 aromatic heterocycles. The molecule has 1 aromatic rings. The van der Waals surface area contributed by atoms with E-state index in [4.69, 9.17) is 4.74 Å². The Morgan fingerprint density at radius 2 is 1.89 bits per heavy atom. The van der Waals surface area contributed by atoms with E-state index in [9.17, 15) is 4.79 Å². The van der Waals surface area contributed by atoms with Gasteiger partial charge >= 0.3 is 6.09 Å². The predicted molar refractivity (Wildman–Crippen MR) is 118 cm³/mol. The summed E-state index contributed by atoms with van der Waals surface area (Å²) in [5.74, 6) is 1.18. The third kappa shape index (κ3) is 8.62. The normalized spacial score (nSPS) is 14.5. The molecule has 0 radical (unpaired) electrons. The van der Waals surface area contributed by atoms with Gasteiger partial charge in [0.2, 0.25) is 0 Å². The SMILES string of the molecule is CCCSc1ccccc1N1CCN(CCCCOC(=O)NCC)CC1.Cl. The minimum atomic E-state index is -0.305. The molecular formula is C20H34ClN3O2S. The van der Waals surface area contributed by atoms with E-state index < -0.39 is 0 Å². The van der Waals surface area contributed by atoms with Crippen molar-refractivity contribution in [1.29, 1.82) is 0 Å². The van der Waals surface area contributed by atoms with Gasteiger partial charge in [0.15, 0.2) is 0 Å². The molecule has 2 rings (SSSR count). The predicted octanol–water partition coefficient (Wildman–Crippen LogP) is 4.26. The van der Waals surface area contributed by atoms with Crippen molar-refractivity contribution in [2.75, 3.05) is 56.5 Å². The molecule has 0 unspecified atom stereocenters. The Morgan fingerprint density at radius 3 is 2.59 bits per heavy atom. The van der Waals surface area contributed by atoms with Crippen molar-refractivity contribution >= 4 is 35.9 Å². The van der Waals surface area contributed by atoms with Crippen LogP contribution in [0.2, 0.25) is 0 Å². The molecule has 1 heterocycles. The fourth-order valence-electron chi connectivity index (χ4n) is 3.06. The fraction of sp³-hybridized carbons (Fsp3) is 0.650. The maximum atomic E-state index is 11.2. The number of ether oxygens (including phenoxy) is 1. The number of rotatable bonds is 10. The van der Waals surface area contributed by atoms with Gasteiger partial charge in [-0.2, -0.15) is 0 Å². The Bertz CT molecular complexity index is 540. The molecule has 154 valence electrons. The molecule has 0 atom stereocenters. The average Bonchev–Trinajstić information content (AvgIpc) is 2.67. The first-order chi connectivity index (χ1) is 12.7. The molecule has 1 aliphatic heterocycles. The Kier molecular flexibility index (Phi) is 12.4. The number of halogens is 1. The minimum Gasteiger partial charge on any atom is -0.450 e. The Hall–Kier alpha value is -1.11. The lowest BCUT2D eigenvalue weighted by Crippen LogP contribution is -2.46. The number of hydrogen-bond acceptors (Lipinski definition) is 5. The van der Waals surface area contributed by atoms with Crippen LogP contribution in [0.4, 0.5) is 10.5 Å². The molecule has 0 aliphatic carbocycles. The second kappa shape index (κ2) is 14.0. The topological polar surface area (TPSA) is 44.8 Å². The number of nitrogens with zero attached hydrogens (tertiary/aromatic N) is 2. The van der Waals surface area contributed by atoms with Crippen molar-refractivity contribution in [1.82, 2.24) is 10.2 Å². The summed E-state index contributed by atoms with van der Waals surface area (Å²) < 4.78 is 5.11. The smallest absolute Gasteiger partial charge is 0.407 e. The van der Waals surface area contributed by atoms with E-state index in [0.29, 0.717) is 13.2 Å². The molecule has 1 amide bonds. The summed E-state index contributed by atoms with van der Waals surface area (Å²) >= 11 is 1.96. The molecule has 5 nitrogen and oxygen atoms in total. The molecular weight excluding hydrogens is 382 g/mol. The second-order valence-electron chi connectivity index (χ2n) is 6.52. The third-order valence-electron chi connectivity index (χ3n) is 4.46. The molecule has 0 bridgehead atoms. The number of benzene rings is 1. The van der Waals surface area contributed by atoms with Gasteiger partial charge in [-0.25, -0.2) is 4.79 Å². The molecule has 0 spiro atoms. The number of piperazine rings is 1. The van der Waals surface area contributed by atoms with Crippen molar-refractivity contribution in [3.05, 3.63) is 24.3 Å². The van der Waals surface area contributed by atoms with Crippen LogP contribution in [0.15, 0.2) is 29.2 Å². The molecule has 1 fully saturated rings. The maximum absolute atomic E-state index is 11.2. The zero-order valence-electron chi connectivity index (χ0n) is 16.6. The molecule has 1 aliphatic rings. The lowest BCUT2D eigenvalue weighted by molar-refractivity contribution is 0.142. The number of amides is 1. The number of nitrogens with one attached hydrogen (secondary N) is 1. The van der Waals surface area contributed by atoms with Gasteiger partial charge < -0.3 is 15.0 Å². The van der Waals surface area contributed by atoms with Crippen molar-refractivity contribution < 1.29 is 9.53 Å². The van der Waals surface area contributed by atoms with Crippen LogP contribution in [0.5, 0.6) is 0 Å². The van der Waals surface area contributed by atoms with Crippen LogP contribution in [-0.2, 0) is 4.74 Å². The number of anilines is 1. The zero-order valence-corrected chi connectivity index (χ0v) is 18.2. The number of para-hydroxylation sites is 1. The van der Waals surface area contributed by atoms with E-state index in [2.05, 4.69) is 46.3 Å². The van der Waals surface area contributed by atoms with Crippen LogP contribution < -0.4 is 10.2 Å². The Balaban J connectivity index is 0.00000364. The molecule has 0 saturated carbocycles. The van der Waals surface area contributed by atoms with E-state index in [1.165, 1.54) is 22.8 Å². The summed E-state index contributed by atoms with van der Waals surface area (Å²) in [7, 11) is 0. The number of carbonyl (C=O) groups excluding carboxylic acids is 1. The van der Waals surface area contributed by atoms with Crippen LogP contribution in [0.25, 0.3) is 0 Å². The third-order valence-corrected chi connectivity index (χ3v) is 5.73. The van der Waals surface area contributed by atoms with Crippen LogP contribution in [0.3, 0.4) is 0 Å². The summed E-state index contributed by atoms with van der Waals surface area (Å²) in [4.78, 5) is 17.7. The van der Waals surface area contributed by atoms with E-state index >= 15 is 0 Å². The number of unbranched alkanes of at least 4 members (excludes halogenated alkanes) is 1.